The van der Waals surface area contributed by atoms with E-state index in [2.05, 4.69) is 29.2 Å². The largest absolute Gasteiger partial charge is 0.347 e. The van der Waals surface area contributed by atoms with Crippen LogP contribution in [0.3, 0.4) is 0 Å². The van der Waals surface area contributed by atoms with Gasteiger partial charge in [0.25, 0.3) is 5.91 Å². The molecule has 1 aromatic carbocycles. The molecule has 3 heterocycles. The van der Waals surface area contributed by atoms with Gasteiger partial charge >= 0.3 is 0 Å². The van der Waals surface area contributed by atoms with E-state index in [4.69, 9.17) is 0 Å². The smallest absolute Gasteiger partial charge is 0.270 e. The zero-order chi connectivity index (χ0) is 18.3. The Hall–Kier alpha value is -2.56. The van der Waals surface area contributed by atoms with Gasteiger partial charge in [0.15, 0.2) is 0 Å². The molecule has 3 atom stereocenters. The van der Waals surface area contributed by atoms with Crippen molar-refractivity contribution < 1.29 is 9.59 Å². The van der Waals surface area contributed by atoms with Crippen molar-refractivity contribution in [2.24, 2.45) is 13.0 Å². The van der Waals surface area contributed by atoms with Crippen molar-refractivity contribution >= 4 is 11.8 Å². The minimum atomic E-state index is 0.0993. The number of hydrogen-bond donors (Lipinski definition) is 0. The SMILES string of the molecule is CC(=O)N1CC[C@@H]2[C@H](C1)[C@@H](c1ccccc1)CN2C(=O)c1cccn1C. The summed E-state index contributed by atoms with van der Waals surface area (Å²) in [7, 11) is 1.91. The summed E-state index contributed by atoms with van der Waals surface area (Å²) in [6.45, 7) is 3.82. The molecule has 2 amide bonds. The average Bonchev–Trinajstić information content (AvgIpc) is 3.25. The quantitative estimate of drug-likeness (QED) is 0.834. The Bertz CT molecular complexity index is 814. The number of carbonyl (C=O) groups excluding carboxylic acids is 2. The van der Waals surface area contributed by atoms with E-state index >= 15 is 0 Å². The highest BCUT2D eigenvalue weighted by atomic mass is 16.2. The van der Waals surface area contributed by atoms with E-state index in [-0.39, 0.29) is 23.8 Å². The maximum atomic E-state index is 13.2. The van der Waals surface area contributed by atoms with Crippen LogP contribution in [0.2, 0.25) is 0 Å². The van der Waals surface area contributed by atoms with Gasteiger partial charge in [-0.1, -0.05) is 30.3 Å². The third-order valence-electron chi connectivity index (χ3n) is 6.03. The number of carbonyl (C=O) groups is 2. The Kier molecular flexibility index (Phi) is 4.31. The molecule has 0 spiro atoms. The predicted octanol–water partition coefficient (Wildman–Crippen LogP) is 2.50. The molecule has 2 aromatic rings. The molecule has 4 rings (SSSR count). The second-order valence-electron chi connectivity index (χ2n) is 7.46. The van der Waals surface area contributed by atoms with Gasteiger partial charge in [0.05, 0.1) is 0 Å². The summed E-state index contributed by atoms with van der Waals surface area (Å²) in [5.74, 6) is 0.788. The molecule has 0 aliphatic carbocycles. The van der Waals surface area contributed by atoms with Crippen LogP contribution < -0.4 is 0 Å². The van der Waals surface area contributed by atoms with Gasteiger partial charge in [-0.25, -0.2) is 0 Å². The third-order valence-corrected chi connectivity index (χ3v) is 6.03. The van der Waals surface area contributed by atoms with Crippen LogP contribution in [0, 0.1) is 5.92 Å². The number of hydrogen-bond acceptors (Lipinski definition) is 2. The lowest BCUT2D eigenvalue weighted by molar-refractivity contribution is -0.131. The van der Waals surface area contributed by atoms with Crippen LogP contribution in [-0.2, 0) is 11.8 Å². The Labute approximate surface area is 154 Å². The molecule has 2 aliphatic heterocycles. The van der Waals surface area contributed by atoms with Gasteiger partial charge in [-0.15, -0.1) is 0 Å². The fourth-order valence-electron chi connectivity index (χ4n) is 4.64. The molecule has 5 nitrogen and oxygen atoms in total. The standard InChI is InChI=1S/C21H25N3O2/c1-15(25)23-12-10-19-18(13-23)17(16-7-4-3-5-8-16)14-24(19)21(26)20-9-6-11-22(20)2/h3-9,11,17-19H,10,12-14H2,1-2H3/t17-,18-,19-/m1/s1. The first-order valence-corrected chi connectivity index (χ1v) is 9.29. The summed E-state index contributed by atoms with van der Waals surface area (Å²) in [6.07, 6.45) is 2.76. The lowest BCUT2D eigenvalue weighted by Gasteiger charge is -2.38. The number of aromatic nitrogens is 1. The van der Waals surface area contributed by atoms with Crippen LogP contribution in [0.25, 0.3) is 0 Å². The maximum Gasteiger partial charge on any atom is 0.270 e. The summed E-state index contributed by atoms with van der Waals surface area (Å²) in [5, 5.41) is 0. The van der Waals surface area contributed by atoms with Gasteiger partial charge in [0, 0.05) is 57.7 Å². The van der Waals surface area contributed by atoms with E-state index in [0.717, 1.165) is 31.7 Å². The second-order valence-corrected chi connectivity index (χ2v) is 7.46. The number of benzene rings is 1. The topological polar surface area (TPSA) is 45.6 Å². The van der Waals surface area contributed by atoms with Crippen LogP contribution >= 0.6 is 0 Å². The van der Waals surface area contributed by atoms with Gasteiger partial charge in [-0.3, -0.25) is 9.59 Å². The summed E-state index contributed by atoms with van der Waals surface area (Å²) >= 11 is 0. The zero-order valence-corrected chi connectivity index (χ0v) is 15.3. The van der Waals surface area contributed by atoms with Crippen molar-refractivity contribution in [3.05, 3.63) is 59.9 Å². The molecule has 5 heteroatoms. The maximum absolute atomic E-state index is 13.2. The first kappa shape index (κ1) is 16.9. The molecule has 0 unspecified atom stereocenters. The fourth-order valence-corrected chi connectivity index (χ4v) is 4.64. The number of fused-ring (bicyclic) bond motifs is 1. The van der Waals surface area contributed by atoms with Gasteiger partial charge in [0.2, 0.25) is 5.91 Å². The molecule has 1 aromatic heterocycles. The molecule has 2 fully saturated rings. The van der Waals surface area contributed by atoms with Crippen LogP contribution in [0.1, 0.15) is 35.3 Å². The van der Waals surface area contributed by atoms with Gasteiger partial charge in [0.1, 0.15) is 5.69 Å². The van der Waals surface area contributed by atoms with Crippen molar-refractivity contribution in [1.82, 2.24) is 14.4 Å². The van der Waals surface area contributed by atoms with Gasteiger partial charge < -0.3 is 14.4 Å². The Morgan fingerprint density at radius 1 is 1.04 bits per heavy atom. The van der Waals surface area contributed by atoms with Crippen LogP contribution in [0.15, 0.2) is 48.7 Å². The Morgan fingerprint density at radius 2 is 1.81 bits per heavy atom. The van der Waals surface area contributed by atoms with Crippen molar-refractivity contribution in [2.45, 2.75) is 25.3 Å². The molecular weight excluding hydrogens is 326 g/mol. The fraction of sp³-hybridized carbons (Fsp3) is 0.429. The molecule has 2 saturated heterocycles. The number of rotatable bonds is 2. The summed E-state index contributed by atoms with van der Waals surface area (Å²) < 4.78 is 1.89. The van der Waals surface area contributed by atoms with E-state index in [0.29, 0.717) is 5.92 Å². The van der Waals surface area contributed by atoms with Crippen molar-refractivity contribution in [3.63, 3.8) is 0 Å². The van der Waals surface area contributed by atoms with Crippen molar-refractivity contribution in [1.29, 1.82) is 0 Å². The molecule has 0 bridgehead atoms. The van der Waals surface area contributed by atoms with Crippen molar-refractivity contribution in [3.8, 4) is 0 Å². The molecular formula is C21H25N3O2. The van der Waals surface area contributed by atoms with E-state index in [9.17, 15) is 9.59 Å². The van der Waals surface area contributed by atoms with Crippen molar-refractivity contribution in [2.75, 3.05) is 19.6 Å². The number of nitrogens with zero attached hydrogens (tertiary/aromatic N) is 3. The molecule has 136 valence electrons. The van der Waals surface area contributed by atoms with Crippen LogP contribution in [0.5, 0.6) is 0 Å². The lowest BCUT2D eigenvalue weighted by Crippen LogP contribution is -2.49. The second kappa shape index (κ2) is 6.63. The predicted molar refractivity (Wildman–Crippen MR) is 99.8 cm³/mol. The lowest BCUT2D eigenvalue weighted by atomic mass is 9.82. The van der Waals surface area contributed by atoms with Gasteiger partial charge in [-0.2, -0.15) is 0 Å². The highest BCUT2D eigenvalue weighted by molar-refractivity contribution is 5.93. The first-order chi connectivity index (χ1) is 12.6. The number of aryl methyl sites for hydroxylation is 1. The molecule has 0 N–H and O–H groups in total. The van der Waals surface area contributed by atoms with Gasteiger partial charge in [-0.05, 0) is 24.1 Å². The van der Waals surface area contributed by atoms with E-state index < -0.39 is 0 Å². The first-order valence-electron chi connectivity index (χ1n) is 9.29. The summed E-state index contributed by atoms with van der Waals surface area (Å²) in [5.41, 5.74) is 1.99. The van der Waals surface area contributed by atoms with E-state index in [1.54, 1.807) is 6.92 Å². The molecule has 26 heavy (non-hydrogen) atoms. The Morgan fingerprint density at radius 3 is 2.46 bits per heavy atom. The third kappa shape index (κ3) is 2.81. The molecule has 0 saturated carbocycles. The van der Waals surface area contributed by atoms with E-state index in [1.807, 2.05) is 40.9 Å². The average molecular weight is 351 g/mol. The van der Waals surface area contributed by atoms with Crippen LogP contribution in [0.4, 0.5) is 0 Å². The summed E-state index contributed by atoms with van der Waals surface area (Å²) in [4.78, 5) is 29.1. The molecule has 0 radical (unpaired) electrons. The molecule has 2 aliphatic rings. The highest BCUT2D eigenvalue weighted by Gasteiger charge is 2.47. The number of amides is 2. The summed E-state index contributed by atoms with van der Waals surface area (Å²) in [6, 6.07) is 14.4. The number of likely N-dealkylation sites (tertiary alicyclic amines) is 2. The zero-order valence-electron chi connectivity index (χ0n) is 15.3. The monoisotopic (exact) mass is 351 g/mol. The minimum Gasteiger partial charge on any atom is -0.347 e. The van der Waals surface area contributed by atoms with E-state index in [1.165, 1.54) is 5.56 Å². The Balaban J connectivity index is 1.66. The van der Waals surface area contributed by atoms with Crippen LogP contribution in [-0.4, -0.2) is 51.9 Å². The normalized spacial score (nSPS) is 25.2. The highest BCUT2D eigenvalue weighted by Crippen LogP contribution is 2.42. The number of piperidine rings is 1. The minimum absolute atomic E-state index is 0.0993.